The first kappa shape index (κ1) is 16.6. The summed E-state index contributed by atoms with van der Waals surface area (Å²) in [6.07, 6.45) is 1.17. The molecule has 0 aliphatic heterocycles. The Morgan fingerprint density at radius 2 is 1.80 bits per heavy atom. The summed E-state index contributed by atoms with van der Waals surface area (Å²) in [6, 6.07) is -0.689. The van der Waals surface area contributed by atoms with Crippen LogP contribution in [0.4, 0.5) is 0 Å². The van der Waals surface area contributed by atoms with Crippen LogP contribution in [0.15, 0.2) is 0 Å². The number of hydrogen-bond acceptors (Lipinski definition) is 3. The lowest BCUT2D eigenvalue weighted by atomic mass is 10.2. The molecular weight excluding hydrogens is 222 g/mol. The quantitative estimate of drug-likeness (QED) is 0.695. The van der Waals surface area contributed by atoms with Crippen molar-refractivity contribution in [3.63, 3.8) is 0 Å². The average molecular weight is 240 g/mol. The Balaban J connectivity index is 0. The SMILES string of the molecule is CCCN(CC(=O)O)C(CC)C(=O)O.Cl. The van der Waals surface area contributed by atoms with Crippen molar-refractivity contribution >= 4 is 24.3 Å². The summed E-state index contributed by atoms with van der Waals surface area (Å²) in [7, 11) is 0. The van der Waals surface area contributed by atoms with Gasteiger partial charge in [-0.1, -0.05) is 13.8 Å². The molecule has 0 amide bonds. The smallest absolute Gasteiger partial charge is 0.320 e. The molecule has 6 heteroatoms. The molecule has 90 valence electrons. The number of nitrogens with zero attached hydrogens (tertiary/aromatic N) is 1. The van der Waals surface area contributed by atoms with Gasteiger partial charge in [-0.15, -0.1) is 12.4 Å². The van der Waals surface area contributed by atoms with Crippen molar-refractivity contribution in [2.75, 3.05) is 13.1 Å². The fraction of sp³-hybridized carbons (Fsp3) is 0.778. The third-order valence-electron chi connectivity index (χ3n) is 1.96. The lowest BCUT2D eigenvalue weighted by Gasteiger charge is -2.25. The molecule has 1 atom stereocenters. The minimum absolute atomic E-state index is 0. The number of carboxylic acid groups (broad SMARTS) is 2. The van der Waals surface area contributed by atoms with Crippen LogP contribution in [0.2, 0.25) is 0 Å². The Morgan fingerprint density at radius 3 is 2.07 bits per heavy atom. The largest absolute Gasteiger partial charge is 0.480 e. The Morgan fingerprint density at radius 1 is 1.27 bits per heavy atom. The molecule has 0 spiro atoms. The normalized spacial score (nSPS) is 11.9. The van der Waals surface area contributed by atoms with Crippen LogP contribution in [-0.4, -0.2) is 46.2 Å². The van der Waals surface area contributed by atoms with Gasteiger partial charge >= 0.3 is 11.9 Å². The molecule has 0 fully saturated rings. The summed E-state index contributed by atoms with van der Waals surface area (Å²) in [5.74, 6) is -1.94. The maximum absolute atomic E-state index is 10.8. The second kappa shape index (κ2) is 8.49. The lowest BCUT2D eigenvalue weighted by Crippen LogP contribution is -2.44. The van der Waals surface area contributed by atoms with Crippen molar-refractivity contribution in [1.82, 2.24) is 4.90 Å². The summed E-state index contributed by atoms with van der Waals surface area (Å²) in [5, 5.41) is 17.5. The summed E-state index contributed by atoms with van der Waals surface area (Å²) in [4.78, 5) is 22.8. The van der Waals surface area contributed by atoms with Crippen molar-refractivity contribution < 1.29 is 19.8 Å². The van der Waals surface area contributed by atoms with Gasteiger partial charge in [-0.05, 0) is 19.4 Å². The zero-order chi connectivity index (χ0) is 11.1. The first-order valence-electron chi connectivity index (χ1n) is 4.71. The fourth-order valence-corrected chi connectivity index (χ4v) is 1.40. The van der Waals surface area contributed by atoms with E-state index in [4.69, 9.17) is 10.2 Å². The zero-order valence-corrected chi connectivity index (χ0v) is 9.79. The van der Waals surface area contributed by atoms with Crippen LogP contribution in [0.1, 0.15) is 26.7 Å². The number of aliphatic carboxylic acids is 2. The highest BCUT2D eigenvalue weighted by molar-refractivity contribution is 5.85. The standard InChI is InChI=1S/C9H17NO4.ClH/c1-3-5-10(6-8(11)12)7(4-2)9(13)14;/h7H,3-6H2,1-2H3,(H,11,12)(H,13,14);1H. The number of rotatable bonds is 7. The molecule has 0 saturated heterocycles. The van der Waals surface area contributed by atoms with Gasteiger partial charge in [0, 0.05) is 0 Å². The van der Waals surface area contributed by atoms with Crippen LogP contribution < -0.4 is 0 Å². The first-order valence-corrected chi connectivity index (χ1v) is 4.71. The van der Waals surface area contributed by atoms with Crippen molar-refractivity contribution in [3.8, 4) is 0 Å². The van der Waals surface area contributed by atoms with E-state index in [1.54, 1.807) is 6.92 Å². The molecule has 0 bridgehead atoms. The highest BCUT2D eigenvalue weighted by atomic mass is 35.5. The van der Waals surface area contributed by atoms with Crippen molar-refractivity contribution in [3.05, 3.63) is 0 Å². The van der Waals surface area contributed by atoms with Crippen LogP contribution in [-0.2, 0) is 9.59 Å². The van der Waals surface area contributed by atoms with Gasteiger partial charge in [0.2, 0.25) is 0 Å². The Labute approximate surface area is 95.5 Å². The average Bonchev–Trinajstić information content (AvgIpc) is 2.03. The third-order valence-corrected chi connectivity index (χ3v) is 1.96. The molecule has 0 aromatic carbocycles. The molecule has 0 aliphatic carbocycles. The Hall–Kier alpha value is -0.810. The van der Waals surface area contributed by atoms with Crippen molar-refractivity contribution in [1.29, 1.82) is 0 Å². The van der Waals surface area contributed by atoms with Gasteiger partial charge < -0.3 is 10.2 Å². The summed E-state index contributed by atoms with van der Waals surface area (Å²) < 4.78 is 0. The Bertz CT molecular complexity index is 210. The van der Waals surface area contributed by atoms with Crippen LogP contribution in [0.5, 0.6) is 0 Å². The monoisotopic (exact) mass is 239 g/mol. The van der Waals surface area contributed by atoms with Gasteiger partial charge in [0.25, 0.3) is 0 Å². The molecule has 2 N–H and O–H groups in total. The van der Waals surface area contributed by atoms with E-state index in [2.05, 4.69) is 0 Å². The highest BCUT2D eigenvalue weighted by Gasteiger charge is 2.24. The van der Waals surface area contributed by atoms with E-state index in [0.717, 1.165) is 6.42 Å². The molecule has 0 radical (unpaired) electrons. The number of halogens is 1. The second-order valence-electron chi connectivity index (χ2n) is 3.13. The third kappa shape index (κ3) is 6.30. The minimum Gasteiger partial charge on any atom is -0.480 e. The number of carbonyl (C=O) groups is 2. The van der Waals surface area contributed by atoms with E-state index >= 15 is 0 Å². The van der Waals surface area contributed by atoms with E-state index in [9.17, 15) is 9.59 Å². The van der Waals surface area contributed by atoms with E-state index in [0.29, 0.717) is 13.0 Å². The van der Waals surface area contributed by atoms with Gasteiger partial charge in [0.1, 0.15) is 6.04 Å². The van der Waals surface area contributed by atoms with E-state index in [1.807, 2.05) is 6.92 Å². The number of hydrogen-bond donors (Lipinski definition) is 2. The van der Waals surface area contributed by atoms with E-state index in [1.165, 1.54) is 4.90 Å². The van der Waals surface area contributed by atoms with Gasteiger partial charge in [-0.25, -0.2) is 0 Å². The van der Waals surface area contributed by atoms with Crippen LogP contribution in [0, 0.1) is 0 Å². The molecule has 0 rings (SSSR count). The summed E-state index contributed by atoms with van der Waals surface area (Å²) in [5.41, 5.74) is 0. The van der Waals surface area contributed by atoms with Crippen LogP contribution >= 0.6 is 12.4 Å². The predicted molar refractivity (Wildman–Crippen MR) is 58.5 cm³/mol. The predicted octanol–water partition coefficient (Wildman–Crippen LogP) is 1.07. The van der Waals surface area contributed by atoms with Crippen molar-refractivity contribution in [2.24, 2.45) is 0 Å². The molecule has 5 nitrogen and oxygen atoms in total. The maximum atomic E-state index is 10.8. The molecule has 0 aromatic heterocycles. The highest BCUT2D eigenvalue weighted by Crippen LogP contribution is 2.05. The van der Waals surface area contributed by atoms with Crippen LogP contribution in [0.3, 0.4) is 0 Å². The molecule has 0 aliphatic rings. The van der Waals surface area contributed by atoms with Gasteiger partial charge in [0.05, 0.1) is 6.54 Å². The molecular formula is C9H18ClNO4. The van der Waals surface area contributed by atoms with Crippen LogP contribution in [0.25, 0.3) is 0 Å². The zero-order valence-electron chi connectivity index (χ0n) is 8.97. The fourth-order valence-electron chi connectivity index (χ4n) is 1.40. The minimum atomic E-state index is -0.988. The summed E-state index contributed by atoms with van der Waals surface area (Å²) >= 11 is 0. The summed E-state index contributed by atoms with van der Waals surface area (Å²) in [6.45, 7) is 3.92. The molecule has 0 saturated carbocycles. The van der Waals surface area contributed by atoms with E-state index < -0.39 is 18.0 Å². The maximum Gasteiger partial charge on any atom is 0.320 e. The Kier molecular flexibility index (Phi) is 9.41. The topological polar surface area (TPSA) is 77.8 Å². The molecule has 1 unspecified atom stereocenters. The van der Waals surface area contributed by atoms with E-state index in [-0.39, 0.29) is 19.0 Å². The lowest BCUT2D eigenvalue weighted by molar-refractivity contribution is -0.146. The van der Waals surface area contributed by atoms with Gasteiger partial charge in [-0.2, -0.15) is 0 Å². The van der Waals surface area contributed by atoms with Gasteiger partial charge in [-0.3, -0.25) is 14.5 Å². The first-order chi connectivity index (χ1) is 6.52. The van der Waals surface area contributed by atoms with Crippen molar-refractivity contribution in [2.45, 2.75) is 32.7 Å². The molecule has 15 heavy (non-hydrogen) atoms. The van der Waals surface area contributed by atoms with Gasteiger partial charge in [0.15, 0.2) is 0 Å². The number of carboxylic acids is 2. The second-order valence-corrected chi connectivity index (χ2v) is 3.13. The molecule has 0 heterocycles. The molecule has 0 aromatic rings.